The van der Waals surface area contributed by atoms with Gasteiger partial charge in [-0.25, -0.2) is 0 Å². The Morgan fingerprint density at radius 1 is 1.36 bits per heavy atom. The first-order valence-corrected chi connectivity index (χ1v) is 3.60. The number of allylic oxidation sites excluding steroid dienone is 3. The zero-order valence-electron chi connectivity index (χ0n) is 7.70. The smallest absolute Gasteiger partial charge is 0.0277 e. The lowest BCUT2D eigenvalue weighted by Crippen LogP contribution is -1.99. The molecule has 2 nitrogen and oxygen atoms in total. The summed E-state index contributed by atoms with van der Waals surface area (Å²) < 4.78 is 0. The zero-order chi connectivity index (χ0) is 8.69. The molecule has 0 saturated carbocycles. The van der Waals surface area contributed by atoms with Crippen LogP contribution in [0.25, 0.3) is 0 Å². The third-order valence-corrected chi connectivity index (χ3v) is 1.08. The Bertz CT molecular complexity index is 176. The second-order valence-electron chi connectivity index (χ2n) is 2.60. The molecular weight excluding hydrogens is 136 g/mol. The largest absolute Gasteiger partial charge is 0.383 e. The van der Waals surface area contributed by atoms with Crippen LogP contribution < -0.4 is 0 Å². The van der Waals surface area contributed by atoms with E-state index in [1.165, 1.54) is 0 Å². The molecule has 0 aliphatic carbocycles. The predicted molar refractivity (Wildman–Crippen MR) is 51.0 cm³/mol. The normalized spacial score (nSPS) is 13.3. The van der Waals surface area contributed by atoms with Gasteiger partial charge in [-0.1, -0.05) is 6.08 Å². The van der Waals surface area contributed by atoms with Crippen LogP contribution in [0.5, 0.6) is 0 Å². The van der Waals surface area contributed by atoms with E-state index in [1.54, 1.807) is 7.05 Å². The summed E-state index contributed by atoms with van der Waals surface area (Å²) in [5.74, 6) is 0. The zero-order valence-corrected chi connectivity index (χ0v) is 7.70. The summed E-state index contributed by atoms with van der Waals surface area (Å²) in [6.45, 7) is 2.02. The molecule has 0 bridgehead atoms. The number of hydrogen-bond donors (Lipinski definition) is 0. The maximum absolute atomic E-state index is 3.89. The summed E-state index contributed by atoms with van der Waals surface area (Å²) >= 11 is 0. The first-order chi connectivity index (χ1) is 5.16. The van der Waals surface area contributed by atoms with Gasteiger partial charge in [-0.05, 0) is 24.8 Å². The second-order valence-corrected chi connectivity index (χ2v) is 2.60. The van der Waals surface area contributed by atoms with Crippen LogP contribution in [0.3, 0.4) is 0 Å². The van der Waals surface area contributed by atoms with Gasteiger partial charge >= 0.3 is 0 Å². The van der Waals surface area contributed by atoms with Crippen LogP contribution in [0.1, 0.15) is 6.92 Å². The first-order valence-electron chi connectivity index (χ1n) is 3.60. The van der Waals surface area contributed by atoms with Gasteiger partial charge in [-0.15, -0.1) is 0 Å². The van der Waals surface area contributed by atoms with Gasteiger partial charge in [0.25, 0.3) is 0 Å². The SMILES string of the molecule is C\N=C/C(C)=C/C=C\N(C)C. The van der Waals surface area contributed by atoms with Crippen molar-refractivity contribution in [1.82, 2.24) is 4.90 Å². The highest BCUT2D eigenvalue weighted by Crippen LogP contribution is 1.88. The fourth-order valence-electron chi connectivity index (χ4n) is 0.614. The summed E-state index contributed by atoms with van der Waals surface area (Å²) in [7, 11) is 5.76. The molecule has 11 heavy (non-hydrogen) atoms. The van der Waals surface area contributed by atoms with Crippen LogP contribution in [0.2, 0.25) is 0 Å². The predicted octanol–water partition coefficient (Wildman–Crippen LogP) is 1.71. The van der Waals surface area contributed by atoms with Gasteiger partial charge in [0.15, 0.2) is 0 Å². The van der Waals surface area contributed by atoms with Crippen molar-refractivity contribution in [3.63, 3.8) is 0 Å². The Morgan fingerprint density at radius 2 is 2.00 bits per heavy atom. The van der Waals surface area contributed by atoms with E-state index in [1.807, 2.05) is 50.5 Å². The van der Waals surface area contributed by atoms with E-state index in [0.717, 1.165) is 5.57 Å². The second kappa shape index (κ2) is 5.71. The van der Waals surface area contributed by atoms with Crippen molar-refractivity contribution in [2.75, 3.05) is 21.1 Å². The van der Waals surface area contributed by atoms with Gasteiger partial charge in [0.1, 0.15) is 0 Å². The first kappa shape index (κ1) is 9.95. The minimum atomic E-state index is 1.16. The van der Waals surface area contributed by atoms with Crippen molar-refractivity contribution in [2.45, 2.75) is 6.92 Å². The fraction of sp³-hybridized carbons (Fsp3) is 0.444. The van der Waals surface area contributed by atoms with Crippen molar-refractivity contribution < 1.29 is 0 Å². The number of aliphatic imine (C=N–C) groups is 1. The molecule has 0 rings (SSSR count). The molecule has 2 heteroatoms. The molecule has 0 N–H and O–H groups in total. The quantitative estimate of drug-likeness (QED) is 0.444. The van der Waals surface area contributed by atoms with Crippen LogP contribution in [0, 0.1) is 0 Å². The molecule has 0 aromatic carbocycles. The Hall–Kier alpha value is -1.05. The monoisotopic (exact) mass is 152 g/mol. The molecule has 0 aliphatic heterocycles. The average Bonchev–Trinajstić information content (AvgIpc) is 1.87. The molecular formula is C9H16N2. The summed E-state index contributed by atoms with van der Waals surface area (Å²) in [5, 5.41) is 0. The molecule has 62 valence electrons. The molecule has 0 amide bonds. The maximum Gasteiger partial charge on any atom is 0.0277 e. The lowest BCUT2D eigenvalue weighted by Gasteiger charge is -2.00. The summed E-state index contributed by atoms with van der Waals surface area (Å²) in [6, 6.07) is 0. The highest BCUT2D eigenvalue weighted by atomic mass is 15.0. The molecule has 0 spiro atoms. The lowest BCUT2D eigenvalue weighted by molar-refractivity contribution is 0.564. The fourth-order valence-corrected chi connectivity index (χ4v) is 0.614. The van der Waals surface area contributed by atoms with Crippen LogP contribution in [0.15, 0.2) is 28.9 Å². The van der Waals surface area contributed by atoms with E-state index < -0.39 is 0 Å². The van der Waals surface area contributed by atoms with Crippen LogP contribution in [-0.4, -0.2) is 32.3 Å². The van der Waals surface area contributed by atoms with Gasteiger partial charge in [0.05, 0.1) is 0 Å². The molecule has 0 aromatic heterocycles. The number of nitrogens with zero attached hydrogens (tertiary/aromatic N) is 2. The molecule has 0 heterocycles. The van der Waals surface area contributed by atoms with Gasteiger partial charge < -0.3 is 4.90 Å². The Labute approximate surface area is 68.9 Å². The molecule has 0 unspecified atom stereocenters. The summed E-state index contributed by atoms with van der Waals surface area (Å²) in [4.78, 5) is 5.89. The lowest BCUT2D eigenvalue weighted by atomic mass is 10.3. The highest BCUT2D eigenvalue weighted by Gasteiger charge is 1.77. The van der Waals surface area contributed by atoms with Gasteiger partial charge in [-0.3, -0.25) is 4.99 Å². The average molecular weight is 152 g/mol. The van der Waals surface area contributed by atoms with Crippen molar-refractivity contribution >= 4 is 6.21 Å². The standard InChI is InChI=1S/C9H16N2/c1-9(8-10-2)6-5-7-11(3)4/h5-8H,1-4H3/b7-5-,9-6+,10-8-. The van der Waals surface area contributed by atoms with Crippen molar-refractivity contribution in [2.24, 2.45) is 4.99 Å². The number of rotatable bonds is 3. The highest BCUT2D eigenvalue weighted by molar-refractivity contribution is 5.77. The van der Waals surface area contributed by atoms with Gasteiger partial charge in [-0.2, -0.15) is 0 Å². The van der Waals surface area contributed by atoms with E-state index in [4.69, 9.17) is 0 Å². The Balaban J connectivity index is 3.91. The van der Waals surface area contributed by atoms with Crippen LogP contribution in [-0.2, 0) is 0 Å². The van der Waals surface area contributed by atoms with Crippen molar-refractivity contribution in [3.05, 3.63) is 23.9 Å². The maximum atomic E-state index is 3.89. The van der Waals surface area contributed by atoms with E-state index >= 15 is 0 Å². The Morgan fingerprint density at radius 3 is 2.45 bits per heavy atom. The van der Waals surface area contributed by atoms with E-state index in [-0.39, 0.29) is 0 Å². The van der Waals surface area contributed by atoms with Crippen molar-refractivity contribution in [3.8, 4) is 0 Å². The van der Waals surface area contributed by atoms with Gasteiger partial charge in [0.2, 0.25) is 0 Å². The topological polar surface area (TPSA) is 15.6 Å². The third-order valence-electron chi connectivity index (χ3n) is 1.08. The molecule has 0 saturated heterocycles. The van der Waals surface area contributed by atoms with E-state index in [9.17, 15) is 0 Å². The van der Waals surface area contributed by atoms with E-state index in [0.29, 0.717) is 0 Å². The van der Waals surface area contributed by atoms with Crippen LogP contribution in [0.4, 0.5) is 0 Å². The van der Waals surface area contributed by atoms with Gasteiger partial charge in [0, 0.05) is 27.4 Å². The van der Waals surface area contributed by atoms with E-state index in [2.05, 4.69) is 4.99 Å². The third kappa shape index (κ3) is 6.84. The molecule has 0 radical (unpaired) electrons. The van der Waals surface area contributed by atoms with Crippen molar-refractivity contribution in [1.29, 1.82) is 0 Å². The summed E-state index contributed by atoms with van der Waals surface area (Å²) in [5.41, 5.74) is 1.16. The minimum Gasteiger partial charge on any atom is -0.383 e. The molecule has 0 atom stereocenters. The minimum absolute atomic E-state index is 1.16. The molecule has 0 fully saturated rings. The summed E-state index contributed by atoms with van der Waals surface area (Å²) in [6.07, 6.45) is 7.84. The number of hydrogen-bond acceptors (Lipinski definition) is 2. The Kier molecular flexibility index (Phi) is 5.17. The van der Waals surface area contributed by atoms with Crippen LogP contribution >= 0.6 is 0 Å². The molecule has 0 aliphatic rings. The molecule has 0 aromatic rings.